The Hall–Kier alpha value is -3.75. The summed E-state index contributed by atoms with van der Waals surface area (Å²) in [5.41, 5.74) is 11.4. The molecule has 2 amide bonds. The van der Waals surface area contributed by atoms with Crippen LogP contribution in [0.25, 0.3) is 0 Å². The van der Waals surface area contributed by atoms with Gasteiger partial charge in [0, 0.05) is 18.5 Å². The Balaban J connectivity index is 1.54. The van der Waals surface area contributed by atoms with Crippen molar-refractivity contribution in [3.8, 4) is 0 Å². The van der Waals surface area contributed by atoms with E-state index in [2.05, 4.69) is 44.3 Å². The van der Waals surface area contributed by atoms with Gasteiger partial charge in [0.05, 0.1) is 12.2 Å². The summed E-state index contributed by atoms with van der Waals surface area (Å²) in [6.45, 7) is 7.12. The fraction of sp³-hybridized carbons (Fsp3) is 0.250. The molecule has 1 spiro atoms. The Bertz CT molecular complexity index is 1420. The second-order valence-electron chi connectivity index (χ2n) is 10.3. The van der Waals surface area contributed by atoms with Gasteiger partial charge in [-0.2, -0.15) is 0 Å². The SMILES string of the molecule is Cc1ccc2c(c1)[Si](C)(C)c1cc(N)ccc1C21OCc2ccc(C(=O)ON3C(=O)CCC3=O)cc21. The van der Waals surface area contributed by atoms with Crippen LogP contribution < -0.4 is 16.1 Å². The number of rotatable bonds is 2. The monoisotopic (exact) mass is 498 g/mol. The molecule has 0 bridgehead atoms. The molecule has 2 N–H and O–H groups in total. The third-order valence-corrected chi connectivity index (χ3v) is 11.2. The molecule has 7 nitrogen and oxygen atoms in total. The predicted octanol–water partition coefficient (Wildman–Crippen LogP) is 2.76. The van der Waals surface area contributed by atoms with Crippen molar-refractivity contribution >= 4 is 41.9 Å². The van der Waals surface area contributed by atoms with Crippen molar-refractivity contribution in [1.29, 1.82) is 0 Å². The first-order valence-corrected chi connectivity index (χ1v) is 15.0. The summed E-state index contributed by atoms with van der Waals surface area (Å²) in [5.74, 6) is -1.77. The number of aryl methyl sites for hydroxylation is 1. The van der Waals surface area contributed by atoms with Crippen LogP contribution in [0.2, 0.25) is 13.1 Å². The molecule has 36 heavy (non-hydrogen) atoms. The van der Waals surface area contributed by atoms with Crippen LogP contribution in [0.15, 0.2) is 54.6 Å². The number of fused-ring (bicyclic) bond motifs is 6. The molecule has 6 rings (SSSR count). The van der Waals surface area contributed by atoms with Gasteiger partial charge in [-0.1, -0.05) is 49.0 Å². The van der Waals surface area contributed by atoms with E-state index in [0.29, 0.717) is 17.4 Å². The van der Waals surface area contributed by atoms with Crippen LogP contribution in [-0.4, -0.2) is 30.9 Å². The smallest absolute Gasteiger partial charge is 0.363 e. The minimum Gasteiger partial charge on any atom is -0.399 e. The van der Waals surface area contributed by atoms with Gasteiger partial charge in [0.25, 0.3) is 11.8 Å². The molecule has 3 aromatic rings. The lowest BCUT2D eigenvalue weighted by atomic mass is 9.78. The number of imide groups is 1. The standard InChI is InChI=1S/C28H26N2O5Si/c1-16-4-8-20-23(12-16)36(2,3)24-14-19(29)7-9-21(24)28(20)22-13-17(5-6-18(22)15-34-28)27(33)35-30-25(31)10-11-26(30)32/h4-9,12-14H,10-11,15,29H2,1-3H3. The molecule has 3 aliphatic rings. The van der Waals surface area contributed by atoms with E-state index in [-0.39, 0.29) is 18.4 Å². The average Bonchev–Trinajstić information content (AvgIpc) is 3.38. The summed E-state index contributed by atoms with van der Waals surface area (Å²) < 4.78 is 6.69. The van der Waals surface area contributed by atoms with E-state index in [1.165, 1.54) is 15.9 Å². The molecule has 1 atom stereocenters. The lowest BCUT2D eigenvalue weighted by Gasteiger charge is -2.44. The molecule has 1 unspecified atom stereocenters. The summed E-state index contributed by atoms with van der Waals surface area (Å²) in [6.07, 6.45) is 0.0894. The van der Waals surface area contributed by atoms with E-state index in [4.69, 9.17) is 15.3 Å². The molecule has 3 heterocycles. The lowest BCUT2D eigenvalue weighted by Crippen LogP contribution is -2.63. The highest BCUT2D eigenvalue weighted by molar-refractivity contribution is 7.01. The fourth-order valence-electron chi connectivity index (χ4n) is 5.82. The number of nitrogens with zero attached hydrogens (tertiary/aromatic N) is 1. The number of amides is 2. The average molecular weight is 499 g/mol. The number of hydrogen-bond acceptors (Lipinski definition) is 6. The van der Waals surface area contributed by atoms with Crippen molar-refractivity contribution in [3.05, 3.63) is 88.0 Å². The third kappa shape index (κ3) is 3.04. The second-order valence-corrected chi connectivity index (χ2v) is 14.6. The quantitative estimate of drug-likeness (QED) is 0.331. The maximum atomic E-state index is 13.0. The summed E-state index contributed by atoms with van der Waals surface area (Å²) in [6, 6.07) is 17.8. The summed E-state index contributed by atoms with van der Waals surface area (Å²) in [4.78, 5) is 42.2. The van der Waals surface area contributed by atoms with E-state index in [1.807, 2.05) is 18.2 Å². The van der Waals surface area contributed by atoms with Gasteiger partial charge < -0.3 is 15.3 Å². The molecule has 0 saturated carbocycles. The largest absolute Gasteiger partial charge is 0.399 e. The van der Waals surface area contributed by atoms with Crippen molar-refractivity contribution < 1.29 is 24.0 Å². The molecule has 3 aliphatic heterocycles. The molecule has 3 aromatic carbocycles. The molecule has 1 saturated heterocycles. The third-order valence-electron chi connectivity index (χ3n) is 7.67. The zero-order valence-corrected chi connectivity index (χ0v) is 21.4. The van der Waals surface area contributed by atoms with Crippen LogP contribution in [0.1, 0.15) is 51.0 Å². The number of hydroxylamine groups is 2. The van der Waals surface area contributed by atoms with Crippen molar-refractivity contribution in [2.75, 3.05) is 5.73 Å². The van der Waals surface area contributed by atoms with E-state index >= 15 is 0 Å². The fourth-order valence-corrected chi connectivity index (χ4v) is 9.09. The molecular formula is C28H26N2O5Si. The number of ether oxygens (including phenoxy) is 1. The van der Waals surface area contributed by atoms with Gasteiger partial charge in [0.15, 0.2) is 0 Å². The summed E-state index contributed by atoms with van der Waals surface area (Å²) >= 11 is 0. The molecule has 0 radical (unpaired) electrons. The molecule has 8 heteroatoms. The van der Waals surface area contributed by atoms with Gasteiger partial charge in [-0.25, -0.2) is 4.79 Å². The van der Waals surface area contributed by atoms with Crippen LogP contribution >= 0.6 is 0 Å². The number of carbonyl (C=O) groups excluding carboxylic acids is 3. The van der Waals surface area contributed by atoms with Gasteiger partial charge in [0.2, 0.25) is 0 Å². The van der Waals surface area contributed by atoms with Gasteiger partial charge >= 0.3 is 5.97 Å². The summed E-state index contributed by atoms with van der Waals surface area (Å²) in [5, 5.41) is 3.05. The number of benzene rings is 3. The minimum atomic E-state index is -2.12. The highest BCUT2D eigenvalue weighted by Gasteiger charge is 2.53. The van der Waals surface area contributed by atoms with Crippen molar-refractivity contribution in [3.63, 3.8) is 0 Å². The van der Waals surface area contributed by atoms with Crippen LogP contribution in [0.5, 0.6) is 0 Å². The van der Waals surface area contributed by atoms with E-state index in [1.54, 1.807) is 12.1 Å². The van der Waals surface area contributed by atoms with Crippen LogP contribution in [0, 0.1) is 6.92 Å². The van der Waals surface area contributed by atoms with E-state index in [0.717, 1.165) is 22.3 Å². The van der Waals surface area contributed by atoms with Gasteiger partial charge in [-0.05, 0) is 63.8 Å². The number of hydrogen-bond donors (Lipinski definition) is 1. The maximum Gasteiger partial charge on any atom is 0.363 e. The molecule has 1 fully saturated rings. The Labute approximate surface area is 209 Å². The number of nitrogen functional groups attached to an aromatic ring is 1. The van der Waals surface area contributed by atoms with Crippen molar-refractivity contribution in [2.45, 2.75) is 45.1 Å². The highest BCUT2D eigenvalue weighted by atomic mass is 28.3. The Morgan fingerprint density at radius 3 is 2.33 bits per heavy atom. The Morgan fingerprint density at radius 1 is 0.944 bits per heavy atom. The molecule has 0 aromatic heterocycles. The minimum absolute atomic E-state index is 0.0447. The molecule has 182 valence electrons. The van der Waals surface area contributed by atoms with E-state index in [9.17, 15) is 14.4 Å². The zero-order chi connectivity index (χ0) is 25.4. The highest BCUT2D eigenvalue weighted by Crippen LogP contribution is 2.49. The van der Waals surface area contributed by atoms with Crippen LogP contribution in [0.4, 0.5) is 5.69 Å². The summed E-state index contributed by atoms with van der Waals surface area (Å²) in [7, 11) is -2.12. The normalized spacial score (nSPS) is 21.4. The first kappa shape index (κ1) is 22.7. The van der Waals surface area contributed by atoms with E-state index < -0.39 is 31.5 Å². The van der Waals surface area contributed by atoms with Gasteiger partial charge in [-0.3, -0.25) is 9.59 Å². The Kier molecular flexibility index (Phi) is 4.80. The Morgan fingerprint density at radius 2 is 1.61 bits per heavy atom. The zero-order valence-electron chi connectivity index (χ0n) is 20.4. The van der Waals surface area contributed by atoms with Crippen molar-refractivity contribution in [1.82, 2.24) is 5.06 Å². The van der Waals surface area contributed by atoms with Crippen molar-refractivity contribution in [2.24, 2.45) is 0 Å². The lowest BCUT2D eigenvalue weighted by molar-refractivity contribution is -0.172. The predicted molar refractivity (Wildman–Crippen MR) is 136 cm³/mol. The number of carbonyl (C=O) groups is 3. The number of nitrogens with two attached hydrogens (primary N) is 1. The molecular weight excluding hydrogens is 472 g/mol. The van der Waals surface area contributed by atoms with Crippen LogP contribution in [-0.2, 0) is 31.4 Å². The first-order valence-electron chi connectivity index (χ1n) is 12.0. The molecule has 0 aliphatic carbocycles. The second kappa shape index (κ2) is 7.62. The number of anilines is 1. The van der Waals surface area contributed by atoms with Gasteiger partial charge in [-0.15, -0.1) is 5.06 Å². The topological polar surface area (TPSA) is 98.9 Å². The van der Waals surface area contributed by atoms with Crippen LogP contribution in [0.3, 0.4) is 0 Å². The maximum absolute atomic E-state index is 13.0. The first-order chi connectivity index (χ1) is 17.1. The van der Waals surface area contributed by atoms with Gasteiger partial charge in [0.1, 0.15) is 13.7 Å².